The van der Waals surface area contributed by atoms with E-state index in [4.69, 9.17) is 4.52 Å². The van der Waals surface area contributed by atoms with Crippen molar-refractivity contribution < 1.29 is 14.2 Å². The minimum absolute atomic E-state index is 0.146. The van der Waals surface area contributed by atoms with E-state index < -0.39 is 16.5 Å². The number of nitro groups is 1. The van der Waals surface area contributed by atoms with E-state index in [1.54, 1.807) is 12.1 Å². The quantitative estimate of drug-likeness (QED) is 0.531. The molecule has 0 saturated carbocycles. The maximum Gasteiger partial charge on any atom is 0.366 e. The first-order valence-corrected chi connectivity index (χ1v) is 5.99. The number of aromatic nitrogens is 1. The zero-order valence-electron chi connectivity index (χ0n) is 10.6. The second-order valence-electron chi connectivity index (χ2n) is 4.27. The van der Waals surface area contributed by atoms with Crippen LogP contribution >= 0.6 is 0 Å². The van der Waals surface area contributed by atoms with E-state index >= 15 is 0 Å². The molecule has 3 aromatic rings. The molecular weight excluding hydrogens is 276 g/mol. The summed E-state index contributed by atoms with van der Waals surface area (Å²) < 4.78 is 5.68. The second-order valence-corrected chi connectivity index (χ2v) is 4.27. The molecule has 7 heteroatoms. The molecule has 3 rings (SSSR count). The van der Waals surface area contributed by atoms with Crippen LogP contribution in [0.2, 0.25) is 0 Å². The first kappa shape index (κ1) is 12.8. The lowest BCUT2D eigenvalue weighted by Crippen LogP contribution is -2.13. The van der Waals surface area contributed by atoms with E-state index in [1.165, 1.54) is 36.4 Å². The van der Waals surface area contributed by atoms with Crippen LogP contribution in [-0.4, -0.2) is 15.6 Å². The number of carbonyl (C=O) groups excluding carboxylic acids is 1. The summed E-state index contributed by atoms with van der Waals surface area (Å²) in [5.74, 6) is -0.763. The summed E-state index contributed by atoms with van der Waals surface area (Å²) >= 11 is 0. The minimum Gasteiger partial charge on any atom is -0.327 e. The third kappa shape index (κ3) is 2.00. The SMILES string of the molecule is O=C(c1ccccc1[N+](=O)[O-])n1oc(=O)c2ccccc21. The Morgan fingerprint density at radius 2 is 1.76 bits per heavy atom. The fourth-order valence-electron chi connectivity index (χ4n) is 2.08. The van der Waals surface area contributed by atoms with E-state index in [0.717, 1.165) is 4.74 Å². The lowest BCUT2D eigenvalue weighted by Gasteiger charge is -2.02. The summed E-state index contributed by atoms with van der Waals surface area (Å²) in [6.07, 6.45) is 0. The predicted molar refractivity (Wildman–Crippen MR) is 73.3 cm³/mol. The van der Waals surface area contributed by atoms with Gasteiger partial charge in [0.05, 0.1) is 15.8 Å². The number of para-hydroxylation sites is 2. The van der Waals surface area contributed by atoms with Crippen molar-refractivity contribution in [2.75, 3.05) is 0 Å². The third-order valence-electron chi connectivity index (χ3n) is 3.03. The standard InChI is InChI=1S/C14H8N2O5/c17-13(9-5-1-4-8-12(9)16(19)20)15-11-7-3-2-6-10(11)14(18)21-15/h1-8H. The number of nitro benzene ring substituents is 1. The molecule has 7 nitrogen and oxygen atoms in total. The average Bonchev–Trinajstić information content (AvgIpc) is 2.84. The van der Waals surface area contributed by atoms with Gasteiger partial charge in [-0.2, -0.15) is 0 Å². The van der Waals surface area contributed by atoms with Crippen molar-refractivity contribution in [2.45, 2.75) is 0 Å². The summed E-state index contributed by atoms with van der Waals surface area (Å²) in [6, 6.07) is 11.8. The highest BCUT2D eigenvalue weighted by Crippen LogP contribution is 2.20. The molecule has 0 radical (unpaired) electrons. The van der Waals surface area contributed by atoms with Gasteiger partial charge in [-0.15, -0.1) is 4.74 Å². The molecular formula is C14H8N2O5. The van der Waals surface area contributed by atoms with Crippen LogP contribution in [0, 0.1) is 10.1 Å². The molecule has 0 amide bonds. The fraction of sp³-hybridized carbons (Fsp3) is 0. The molecule has 0 bridgehead atoms. The highest BCUT2D eigenvalue weighted by atomic mass is 16.6. The smallest absolute Gasteiger partial charge is 0.327 e. The van der Waals surface area contributed by atoms with Crippen molar-refractivity contribution in [3.63, 3.8) is 0 Å². The van der Waals surface area contributed by atoms with Gasteiger partial charge in [-0.3, -0.25) is 14.9 Å². The summed E-state index contributed by atoms with van der Waals surface area (Å²) in [5, 5.41) is 11.2. The topological polar surface area (TPSA) is 95.3 Å². The molecule has 104 valence electrons. The average molecular weight is 284 g/mol. The Hall–Kier alpha value is -3.22. The normalized spacial score (nSPS) is 10.7. The number of nitrogens with zero attached hydrogens (tertiary/aromatic N) is 2. The molecule has 1 heterocycles. The molecule has 0 unspecified atom stereocenters. The number of rotatable bonds is 2. The molecule has 0 atom stereocenters. The molecule has 0 aliphatic carbocycles. The predicted octanol–water partition coefficient (Wildman–Crippen LogP) is 2.19. The van der Waals surface area contributed by atoms with Crippen LogP contribution in [0.25, 0.3) is 10.9 Å². The number of hydrogen-bond acceptors (Lipinski definition) is 5. The van der Waals surface area contributed by atoms with Gasteiger partial charge in [-0.05, 0) is 18.2 Å². The van der Waals surface area contributed by atoms with Crippen LogP contribution in [0.5, 0.6) is 0 Å². The van der Waals surface area contributed by atoms with Crippen molar-refractivity contribution in [3.8, 4) is 0 Å². The Bertz CT molecular complexity index is 922. The van der Waals surface area contributed by atoms with E-state index in [2.05, 4.69) is 0 Å². The van der Waals surface area contributed by atoms with Gasteiger partial charge in [0.2, 0.25) is 0 Å². The van der Waals surface area contributed by atoms with E-state index in [9.17, 15) is 19.7 Å². The number of hydrogen-bond donors (Lipinski definition) is 0. The van der Waals surface area contributed by atoms with Gasteiger partial charge in [0, 0.05) is 6.07 Å². The van der Waals surface area contributed by atoms with Crippen LogP contribution < -0.4 is 5.63 Å². The first-order valence-electron chi connectivity index (χ1n) is 5.99. The Kier molecular flexibility index (Phi) is 2.87. The van der Waals surface area contributed by atoms with Crippen molar-refractivity contribution in [2.24, 2.45) is 0 Å². The second kappa shape index (κ2) is 4.71. The molecule has 0 spiro atoms. The molecule has 0 aliphatic rings. The van der Waals surface area contributed by atoms with Gasteiger partial charge in [0.1, 0.15) is 5.56 Å². The van der Waals surface area contributed by atoms with Gasteiger partial charge in [-0.1, -0.05) is 24.3 Å². The zero-order valence-corrected chi connectivity index (χ0v) is 10.6. The Labute approximate surface area is 117 Å². The van der Waals surface area contributed by atoms with Crippen molar-refractivity contribution in [1.82, 2.24) is 4.74 Å². The fourth-order valence-corrected chi connectivity index (χ4v) is 2.08. The number of carbonyl (C=O) groups is 1. The van der Waals surface area contributed by atoms with Gasteiger partial charge in [-0.25, -0.2) is 4.79 Å². The van der Waals surface area contributed by atoms with Crippen LogP contribution in [0.4, 0.5) is 5.69 Å². The first-order chi connectivity index (χ1) is 10.1. The monoisotopic (exact) mass is 284 g/mol. The lowest BCUT2D eigenvalue weighted by atomic mass is 10.1. The number of benzene rings is 2. The van der Waals surface area contributed by atoms with Crippen LogP contribution in [0.1, 0.15) is 10.4 Å². The maximum absolute atomic E-state index is 12.4. The summed E-state index contributed by atoms with van der Waals surface area (Å²) in [7, 11) is 0. The largest absolute Gasteiger partial charge is 0.366 e. The minimum atomic E-state index is -0.763. The third-order valence-corrected chi connectivity index (χ3v) is 3.03. The van der Waals surface area contributed by atoms with Gasteiger partial charge < -0.3 is 4.52 Å². The lowest BCUT2D eigenvalue weighted by molar-refractivity contribution is -0.385. The summed E-state index contributed by atoms with van der Waals surface area (Å²) in [5.41, 5.74) is -0.891. The molecule has 21 heavy (non-hydrogen) atoms. The highest BCUT2D eigenvalue weighted by Gasteiger charge is 2.24. The van der Waals surface area contributed by atoms with E-state index in [1.807, 2.05) is 0 Å². The molecule has 2 aromatic carbocycles. The van der Waals surface area contributed by atoms with Crippen LogP contribution in [-0.2, 0) is 0 Å². The molecule has 0 fully saturated rings. The number of fused-ring (bicyclic) bond motifs is 1. The van der Waals surface area contributed by atoms with E-state index in [-0.39, 0.29) is 22.2 Å². The maximum atomic E-state index is 12.4. The Balaban J connectivity index is 2.23. The van der Waals surface area contributed by atoms with Crippen molar-refractivity contribution in [1.29, 1.82) is 0 Å². The van der Waals surface area contributed by atoms with Crippen molar-refractivity contribution in [3.05, 3.63) is 74.6 Å². The molecule has 0 aliphatic heterocycles. The molecule has 1 aromatic heterocycles. The molecule has 0 N–H and O–H groups in total. The molecule has 0 saturated heterocycles. The van der Waals surface area contributed by atoms with Gasteiger partial charge in [0.25, 0.3) is 11.6 Å². The summed E-state index contributed by atoms with van der Waals surface area (Å²) in [4.78, 5) is 34.4. The van der Waals surface area contributed by atoms with Crippen LogP contribution in [0.3, 0.4) is 0 Å². The Morgan fingerprint density at radius 3 is 2.52 bits per heavy atom. The Morgan fingerprint density at radius 1 is 1.10 bits per heavy atom. The highest BCUT2D eigenvalue weighted by molar-refractivity contribution is 6.03. The summed E-state index contributed by atoms with van der Waals surface area (Å²) in [6.45, 7) is 0. The van der Waals surface area contributed by atoms with E-state index in [0.29, 0.717) is 0 Å². The van der Waals surface area contributed by atoms with Crippen molar-refractivity contribution >= 4 is 22.5 Å². The zero-order chi connectivity index (χ0) is 15.0. The van der Waals surface area contributed by atoms with Gasteiger partial charge >= 0.3 is 5.63 Å². The van der Waals surface area contributed by atoms with Crippen LogP contribution in [0.15, 0.2) is 57.8 Å². The van der Waals surface area contributed by atoms with Gasteiger partial charge in [0.15, 0.2) is 0 Å².